The van der Waals surface area contributed by atoms with Gasteiger partial charge in [-0.3, -0.25) is 9.59 Å². The molecule has 0 spiro atoms. The highest BCUT2D eigenvalue weighted by atomic mass is 16.6. The van der Waals surface area contributed by atoms with Crippen LogP contribution in [0.3, 0.4) is 0 Å². The molecule has 3 fully saturated rings. The first kappa shape index (κ1) is 31.8. The zero-order chi connectivity index (χ0) is 26.2. The van der Waals surface area contributed by atoms with Crippen LogP contribution in [0.2, 0.25) is 0 Å². The minimum absolute atomic E-state index is 0.0591. The van der Waals surface area contributed by atoms with Crippen molar-refractivity contribution in [1.29, 1.82) is 0 Å². The van der Waals surface area contributed by atoms with Crippen molar-refractivity contribution in [3.8, 4) is 0 Å². The number of carbonyl (C=O) groups is 2. The summed E-state index contributed by atoms with van der Waals surface area (Å²) in [6.07, 6.45) is 0. The Morgan fingerprint density at radius 3 is 0.811 bits per heavy atom. The van der Waals surface area contributed by atoms with Gasteiger partial charge in [-0.15, -0.1) is 0 Å². The van der Waals surface area contributed by atoms with Gasteiger partial charge in [0, 0.05) is 26.2 Å². The number of carbonyl (C=O) groups excluding carboxylic acids is 2. The van der Waals surface area contributed by atoms with E-state index in [2.05, 4.69) is 0 Å². The summed E-state index contributed by atoms with van der Waals surface area (Å²) in [5.41, 5.74) is 0. The molecule has 13 nitrogen and oxygen atoms in total. The molecule has 2 amide bonds. The van der Waals surface area contributed by atoms with Gasteiger partial charge < -0.3 is 52.4 Å². The molecule has 0 aromatic rings. The second-order valence-electron chi connectivity index (χ2n) is 8.15. The molecule has 2 bridgehead atoms. The van der Waals surface area contributed by atoms with Crippen molar-refractivity contribution in [2.24, 2.45) is 0 Å². The smallest absolute Gasteiger partial charge is 0.248 e. The van der Waals surface area contributed by atoms with Crippen molar-refractivity contribution in [2.45, 2.75) is 0 Å². The van der Waals surface area contributed by atoms with Crippen LogP contribution in [0.1, 0.15) is 0 Å². The Balaban J connectivity index is 1.95. The van der Waals surface area contributed by atoms with Gasteiger partial charge in [0.15, 0.2) is 0 Å². The Morgan fingerprint density at radius 2 is 0.541 bits per heavy atom. The molecule has 0 aromatic heterocycles. The van der Waals surface area contributed by atoms with Crippen LogP contribution in [0.4, 0.5) is 0 Å². The summed E-state index contributed by atoms with van der Waals surface area (Å²) in [5.74, 6) is -0.298. The SMILES string of the molecule is O=C1COCCOCCOCC(=O)N2CCOCCOCCOCCN1CCOCCOCCOCC2. The van der Waals surface area contributed by atoms with Crippen molar-refractivity contribution in [2.75, 3.05) is 145 Å². The van der Waals surface area contributed by atoms with Crippen LogP contribution in [0.5, 0.6) is 0 Å². The number of fused-ring (bicyclic) bond motifs is 30. The number of hydrogen-bond donors (Lipinski definition) is 0. The number of hydrogen-bond acceptors (Lipinski definition) is 11. The first-order chi connectivity index (χ1) is 18.3. The molecule has 0 aromatic carbocycles. The fourth-order valence-corrected chi connectivity index (χ4v) is 3.34. The second-order valence-corrected chi connectivity index (χ2v) is 8.15. The van der Waals surface area contributed by atoms with Crippen molar-refractivity contribution in [1.82, 2.24) is 9.80 Å². The van der Waals surface area contributed by atoms with E-state index < -0.39 is 0 Å². The highest BCUT2D eigenvalue weighted by Crippen LogP contribution is 1.97. The van der Waals surface area contributed by atoms with Crippen LogP contribution in [0.15, 0.2) is 0 Å². The molecule has 3 rings (SSSR count). The maximum Gasteiger partial charge on any atom is 0.248 e. The summed E-state index contributed by atoms with van der Waals surface area (Å²) in [7, 11) is 0. The van der Waals surface area contributed by atoms with Gasteiger partial charge in [-0.25, -0.2) is 0 Å². The number of nitrogens with zero attached hydrogens (tertiary/aromatic N) is 2. The lowest BCUT2D eigenvalue weighted by molar-refractivity contribution is -0.139. The van der Waals surface area contributed by atoms with E-state index in [1.165, 1.54) is 0 Å². The first-order valence-electron chi connectivity index (χ1n) is 13.0. The minimum Gasteiger partial charge on any atom is -0.377 e. The van der Waals surface area contributed by atoms with Crippen LogP contribution < -0.4 is 0 Å². The predicted octanol–water partition coefficient (Wildman–Crippen LogP) is -1.18. The fourth-order valence-electron chi connectivity index (χ4n) is 3.34. The first-order valence-corrected chi connectivity index (χ1v) is 13.0. The Bertz CT molecular complexity index is 513. The van der Waals surface area contributed by atoms with Gasteiger partial charge in [0.2, 0.25) is 11.8 Å². The lowest BCUT2D eigenvalue weighted by Gasteiger charge is -2.23. The molecule has 3 heterocycles. The van der Waals surface area contributed by atoms with Gasteiger partial charge in [-0.1, -0.05) is 0 Å². The van der Waals surface area contributed by atoms with Crippen molar-refractivity contribution in [3.63, 3.8) is 0 Å². The zero-order valence-electron chi connectivity index (χ0n) is 21.9. The molecule has 0 atom stereocenters. The zero-order valence-corrected chi connectivity index (χ0v) is 21.9. The summed E-state index contributed by atoms with van der Waals surface area (Å²) in [4.78, 5) is 28.6. The summed E-state index contributed by atoms with van der Waals surface area (Å²) in [6, 6.07) is 0. The lowest BCUT2D eigenvalue weighted by atomic mass is 10.4. The molecule has 0 radical (unpaired) electrons. The monoisotopic (exact) mass is 536 g/mol. The third-order valence-corrected chi connectivity index (χ3v) is 5.41. The van der Waals surface area contributed by atoms with E-state index in [1.807, 2.05) is 0 Å². The molecule has 0 unspecified atom stereocenters. The predicted molar refractivity (Wildman–Crippen MR) is 131 cm³/mol. The second kappa shape index (κ2) is 22.6. The summed E-state index contributed by atoms with van der Waals surface area (Å²) >= 11 is 0. The molecule has 37 heavy (non-hydrogen) atoms. The van der Waals surface area contributed by atoms with Gasteiger partial charge in [0.1, 0.15) is 13.2 Å². The average molecular weight is 537 g/mol. The lowest BCUT2D eigenvalue weighted by Crippen LogP contribution is -2.39. The Kier molecular flexibility index (Phi) is 19.4. The molecule has 0 aliphatic carbocycles. The van der Waals surface area contributed by atoms with Gasteiger partial charge in [-0.05, 0) is 0 Å². The molecule has 216 valence electrons. The molecule has 13 heteroatoms. The van der Waals surface area contributed by atoms with Crippen LogP contribution in [-0.2, 0) is 52.2 Å². The molecule has 0 saturated carbocycles. The van der Waals surface area contributed by atoms with E-state index in [0.29, 0.717) is 119 Å². The summed E-state index contributed by atoms with van der Waals surface area (Å²) in [6.45, 7) is 7.57. The third-order valence-electron chi connectivity index (χ3n) is 5.41. The van der Waals surface area contributed by atoms with Crippen LogP contribution in [0, 0.1) is 0 Å². The van der Waals surface area contributed by atoms with E-state index >= 15 is 0 Å². The molecule has 3 aliphatic rings. The van der Waals surface area contributed by atoms with Gasteiger partial charge >= 0.3 is 0 Å². The van der Waals surface area contributed by atoms with E-state index in [9.17, 15) is 9.59 Å². The topological polar surface area (TPSA) is 124 Å². The fraction of sp³-hybridized carbons (Fsp3) is 0.917. The Hall–Kier alpha value is -1.42. The third kappa shape index (κ3) is 16.9. The van der Waals surface area contributed by atoms with E-state index in [1.54, 1.807) is 9.80 Å². The van der Waals surface area contributed by atoms with Crippen LogP contribution in [-0.4, -0.2) is 167 Å². The summed E-state index contributed by atoms with van der Waals surface area (Å²) < 4.78 is 50.0. The average Bonchev–Trinajstić information content (AvgIpc) is 2.89. The summed E-state index contributed by atoms with van der Waals surface area (Å²) in [5, 5.41) is 0. The molecular weight excluding hydrogens is 492 g/mol. The minimum atomic E-state index is -0.149. The van der Waals surface area contributed by atoms with E-state index in [-0.39, 0.29) is 38.2 Å². The largest absolute Gasteiger partial charge is 0.377 e. The highest BCUT2D eigenvalue weighted by Gasteiger charge is 2.15. The number of rotatable bonds is 0. The van der Waals surface area contributed by atoms with E-state index in [4.69, 9.17) is 42.6 Å². The maximum atomic E-state index is 12.6. The molecule has 3 saturated heterocycles. The standard InChI is InChI=1S/C24H44N2O11/c27-23-21-36-19-17-35-18-20-37-22-24(28)26-3-7-31-11-15-33-13-9-29-5-1-25(23)2-6-30-10-14-34-16-12-32-8-4-26/h1-22H2. The molecule has 3 aliphatic heterocycles. The molecular formula is C24H44N2O11. The highest BCUT2D eigenvalue weighted by molar-refractivity contribution is 5.77. The van der Waals surface area contributed by atoms with Crippen LogP contribution in [0.25, 0.3) is 0 Å². The van der Waals surface area contributed by atoms with Gasteiger partial charge in [0.25, 0.3) is 0 Å². The van der Waals surface area contributed by atoms with Gasteiger partial charge in [0.05, 0.1) is 106 Å². The normalized spacial score (nSPS) is 24.1. The number of amides is 2. The van der Waals surface area contributed by atoms with Crippen molar-refractivity contribution >= 4 is 11.8 Å². The van der Waals surface area contributed by atoms with Crippen LogP contribution >= 0.6 is 0 Å². The van der Waals surface area contributed by atoms with E-state index in [0.717, 1.165) is 0 Å². The molecule has 0 N–H and O–H groups in total. The Labute approximate surface area is 219 Å². The van der Waals surface area contributed by atoms with Crippen molar-refractivity contribution in [3.05, 3.63) is 0 Å². The van der Waals surface area contributed by atoms with Gasteiger partial charge in [-0.2, -0.15) is 0 Å². The number of ether oxygens (including phenoxy) is 9. The quantitative estimate of drug-likeness (QED) is 0.348. The maximum absolute atomic E-state index is 12.6. The van der Waals surface area contributed by atoms with Crippen molar-refractivity contribution < 1.29 is 52.2 Å². The Morgan fingerprint density at radius 1 is 0.324 bits per heavy atom.